The number of hydrogen-bond acceptors (Lipinski definition) is 6. The normalized spacial score (nSPS) is 10.8. The molecule has 3 heterocycles. The van der Waals surface area contributed by atoms with Gasteiger partial charge >= 0.3 is 0 Å². The number of amides is 2. The third-order valence-electron chi connectivity index (χ3n) is 4.30. The second-order valence-electron chi connectivity index (χ2n) is 6.59. The van der Waals surface area contributed by atoms with Gasteiger partial charge in [-0.1, -0.05) is 17.3 Å². The zero-order valence-electron chi connectivity index (χ0n) is 15.8. The van der Waals surface area contributed by atoms with Gasteiger partial charge in [-0.25, -0.2) is 4.98 Å². The number of nitrogens with one attached hydrogen (secondary N) is 2. The predicted octanol–water partition coefficient (Wildman–Crippen LogP) is 2.30. The lowest BCUT2D eigenvalue weighted by atomic mass is 10.1. The highest BCUT2D eigenvalue weighted by Gasteiger charge is 2.13. The molecule has 2 amide bonds. The van der Waals surface area contributed by atoms with Crippen LogP contribution in [0.2, 0.25) is 0 Å². The van der Waals surface area contributed by atoms with Crippen LogP contribution in [0, 0.1) is 6.92 Å². The number of hydrogen-bond donors (Lipinski definition) is 2. The molecule has 0 aliphatic rings. The van der Waals surface area contributed by atoms with Gasteiger partial charge in [0.1, 0.15) is 11.6 Å². The number of aromatic nitrogens is 4. The molecule has 9 heteroatoms. The summed E-state index contributed by atoms with van der Waals surface area (Å²) in [6.07, 6.45) is 5.42. The molecule has 0 radical (unpaired) electrons. The van der Waals surface area contributed by atoms with Gasteiger partial charge in [0.15, 0.2) is 5.69 Å². The van der Waals surface area contributed by atoms with E-state index in [1.165, 1.54) is 6.07 Å². The molecule has 0 unspecified atom stereocenters. The molecule has 4 aromatic rings. The standard InChI is InChI=1S/C20H18N6O3/c1-12-5-17(25-29-12)20(28)22-10-19(27)24-18-7-15-6-13(3-4-14(15)8-21-18)16-9-23-26(2)11-16/h3-9,11H,10H2,1-2H3,(H,22,28)(H,21,24,27). The molecule has 4 rings (SSSR count). The molecule has 146 valence electrons. The lowest BCUT2D eigenvalue weighted by Crippen LogP contribution is -2.33. The third-order valence-corrected chi connectivity index (χ3v) is 4.30. The maximum atomic E-state index is 12.2. The second-order valence-corrected chi connectivity index (χ2v) is 6.59. The Labute approximate surface area is 165 Å². The van der Waals surface area contributed by atoms with Gasteiger partial charge in [0.25, 0.3) is 5.91 Å². The first kappa shape index (κ1) is 18.4. The van der Waals surface area contributed by atoms with Crippen molar-refractivity contribution in [3.05, 3.63) is 60.4 Å². The summed E-state index contributed by atoms with van der Waals surface area (Å²) in [7, 11) is 1.87. The summed E-state index contributed by atoms with van der Waals surface area (Å²) >= 11 is 0. The van der Waals surface area contributed by atoms with Crippen LogP contribution < -0.4 is 10.6 Å². The van der Waals surface area contributed by atoms with E-state index in [1.54, 1.807) is 30.1 Å². The van der Waals surface area contributed by atoms with Crippen LogP contribution in [0.25, 0.3) is 21.9 Å². The van der Waals surface area contributed by atoms with Gasteiger partial charge in [0, 0.05) is 36.5 Å². The van der Waals surface area contributed by atoms with E-state index in [2.05, 4.69) is 25.9 Å². The van der Waals surface area contributed by atoms with Gasteiger partial charge in [-0.3, -0.25) is 14.3 Å². The molecule has 0 aliphatic heterocycles. The fourth-order valence-electron chi connectivity index (χ4n) is 2.87. The van der Waals surface area contributed by atoms with Crippen LogP contribution in [0.3, 0.4) is 0 Å². The van der Waals surface area contributed by atoms with Gasteiger partial charge in [0.05, 0.1) is 12.7 Å². The third kappa shape index (κ3) is 4.13. The molecule has 0 saturated carbocycles. The van der Waals surface area contributed by atoms with E-state index in [0.29, 0.717) is 11.6 Å². The topological polar surface area (TPSA) is 115 Å². The Kier molecular flexibility index (Phi) is 4.78. The van der Waals surface area contributed by atoms with Crippen LogP contribution in [0.1, 0.15) is 16.2 Å². The molecule has 2 N–H and O–H groups in total. The lowest BCUT2D eigenvalue weighted by molar-refractivity contribution is -0.115. The Morgan fingerprint density at radius 1 is 1.10 bits per heavy atom. The number of benzene rings is 1. The van der Waals surface area contributed by atoms with Gasteiger partial charge in [-0.15, -0.1) is 0 Å². The first-order valence-corrected chi connectivity index (χ1v) is 8.88. The highest BCUT2D eigenvalue weighted by Crippen LogP contribution is 2.25. The largest absolute Gasteiger partial charge is 0.361 e. The summed E-state index contributed by atoms with van der Waals surface area (Å²) in [5.41, 5.74) is 2.15. The molecular weight excluding hydrogens is 372 g/mol. The minimum atomic E-state index is -0.482. The van der Waals surface area contributed by atoms with E-state index in [0.717, 1.165) is 21.9 Å². The minimum Gasteiger partial charge on any atom is -0.361 e. The first-order valence-electron chi connectivity index (χ1n) is 8.88. The van der Waals surface area contributed by atoms with Gasteiger partial charge in [0.2, 0.25) is 5.91 Å². The van der Waals surface area contributed by atoms with Crippen molar-refractivity contribution in [3.8, 4) is 11.1 Å². The summed E-state index contributed by atoms with van der Waals surface area (Å²) in [4.78, 5) is 28.3. The molecule has 0 fully saturated rings. The SMILES string of the molecule is Cc1cc(C(=O)NCC(=O)Nc2cc3cc(-c4cnn(C)c4)ccc3cn2)no1. The number of aryl methyl sites for hydroxylation is 2. The smallest absolute Gasteiger partial charge is 0.273 e. The highest BCUT2D eigenvalue weighted by molar-refractivity contribution is 5.99. The van der Waals surface area contributed by atoms with Crippen molar-refractivity contribution in [2.45, 2.75) is 6.92 Å². The number of carbonyl (C=O) groups excluding carboxylic acids is 2. The van der Waals surface area contributed by atoms with Crippen LogP contribution in [-0.2, 0) is 11.8 Å². The van der Waals surface area contributed by atoms with Crippen molar-refractivity contribution in [3.63, 3.8) is 0 Å². The first-order chi connectivity index (χ1) is 14.0. The molecule has 29 heavy (non-hydrogen) atoms. The van der Waals surface area contributed by atoms with E-state index < -0.39 is 11.8 Å². The second kappa shape index (κ2) is 7.55. The molecule has 0 bridgehead atoms. The Bertz CT molecular complexity index is 1210. The van der Waals surface area contributed by atoms with E-state index in [9.17, 15) is 9.59 Å². The predicted molar refractivity (Wildman–Crippen MR) is 106 cm³/mol. The van der Waals surface area contributed by atoms with Crippen molar-refractivity contribution in [1.82, 2.24) is 25.2 Å². The zero-order valence-corrected chi connectivity index (χ0v) is 15.8. The van der Waals surface area contributed by atoms with Crippen molar-refractivity contribution in [1.29, 1.82) is 0 Å². The Morgan fingerprint density at radius 3 is 2.69 bits per heavy atom. The quantitative estimate of drug-likeness (QED) is 0.540. The molecule has 3 aromatic heterocycles. The van der Waals surface area contributed by atoms with Gasteiger partial charge in [-0.2, -0.15) is 5.10 Å². The molecule has 0 aliphatic carbocycles. The van der Waals surface area contributed by atoms with Crippen LogP contribution in [0.5, 0.6) is 0 Å². The van der Waals surface area contributed by atoms with E-state index in [-0.39, 0.29) is 12.2 Å². The van der Waals surface area contributed by atoms with E-state index in [1.807, 2.05) is 31.4 Å². The van der Waals surface area contributed by atoms with Gasteiger partial charge in [-0.05, 0) is 30.0 Å². The van der Waals surface area contributed by atoms with Crippen LogP contribution in [0.4, 0.5) is 5.82 Å². The Balaban J connectivity index is 1.44. The average molecular weight is 390 g/mol. The summed E-state index contributed by atoms with van der Waals surface area (Å²) in [6.45, 7) is 1.47. The fourth-order valence-corrected chi connectivity index (χ4v) is 2.87. The van der Waals surface area contributed by atoms with Crippen LogP contribution in [0.15, 0.2) is 53.4 Å². The maximum Gasteiger partial charge on any atom is 0.273 e. The number of carbonyl (C=O) groups is 2. The fraction of sp³-hybridized carbons (Fsp3) is 0.150. The van der Waals surface area contributed by atoms with Gasteiger partial charge < -0.3 is 15.2 Å². The Morgan fingerprint density at radius 2 is 1.97 bits per heavy atom. The Hall–Kier alpha value is -4.01. The molecule has 0 atom stereocenters. The summed E-state index contributed by atoms with van der Waals surface area (Å²) in [5.74, 6) is 0.0430. The molecule has 9 nitrogen and oxygen atoms in total. The van der Waals surface area contributed by atoms with Crippen LogP contribution in [-0.4, -0.2) is 38.3 Å². The van der Waals surface area contributed by atoms with Crippen molar-refractivity contribution in [2.75, 3.05) is 11.9 Å². The monoisotopic (exact) mass is 390 g/mol. The van der Waals surface area contributed by atoms with Crippen molar-refractivity contribution in [2.24, 2.45) is 7.05 Å². The van der Waals surface area contributed by atoms with E-state index in [4.69, 9.17) is 4.52 Å². The zero-order chi connectivity index (χ0) is 20.4. The maximum absolute atomic E-state index is 12.2. The minimum absolute atomic E-state index is 0.127. The number of anilines is 1. The van der Waals surface area contributed by atoms with E-state index >= 15 is 0 Å². The average Bonchev–Trinajstić information content (AvgIpc) is 3.34. The number of pyridine rings is 1. The number of nitrogens with zero attached hydrogens (tertiary/aromatic N) is 4. The molecule has 0 spiro atoms. The summed E-state index contributed by atoms with van der Waals surface area (Å²) in [5, 5.41) is 14.9. The number of rotatable bonds is 5. The molecule has 0 saturated heterocycles. The van der Waals surface area contributed by atoms with Crippen molar-refractivity contribution < 1.29 is 14.1 Å². The molecular formula is C20H18N6O3. The summed E-state index contributed by atoms with van der Waals surface area (Å²) < 4.78 is 6.59. The van der Waals surface area contributed by atoms with Crippen molar-refractivity contribution >= 4 is 28.4 Å². The van der Waals surface area contributed by atoms with Crippen LogP contribution >= 0.6 is 0 Å². The number of fused-ring (bicyclic) bond motifs is 1. The molecule has 1 aromatic carbocycles. The summed E-state index contributed by atoms with van der Waals surface area (Å²) in [6, 6.07) is 9.27. The highest BCUT2D eigenvalue weighted by atomic mass is 16.5. The lowest BCUT2D eigenvalue weighted by Gasteiger charge is -2.07.